The minimum absolute atomic E-state index is 0.217. The molecule has 163 valence electrons. The molecular formula is C26H26BFNO2S. The van der Waals surface area contributed by atoms with E-state index in [0.717, 1.165) is 33.6 Å². The van der Waals surface area contributed by atoms with Crippen LogP contribution in [-0.4, -0.2) is 17.9 Å². The molecule has 32 heavy (non-hydrogen) atoms. The van der Waals surface area contributed by atoms with Crippen molar-refractivity contribution in [2.45, 2.75) is 32.8 Å². The van der Waals surface area contributed by atoms with E-state index in [9.17, 15) is 4.39 Å². The summed E-state index contributed by atoms with van der Waals surface area (Å²) in [6, 6.07) is 23.5. The molecule has 0 N–H and O–H groups in total. The molecule has 0 fully saturated rings. The molecule has 1 aromatic heterocycles. The molecule has 0 aliphatic heterocycles. The zero-order valence-electron chi connectivity index (χ0n) is 18.5. The van der Waals surface area contributed by atoms with E-state index in [1.807, 2.05) is 54.6 Å². The number of rotatable bonds is 8. The van der Waals surface area contributed by atoms with Crippen LogP contribution in [0.3, 0.4) is 0 Å². The van der Waals surface area contributed by atoms with Gasteiger partial charge in [0.15, 0.2) is 0 Å². The number of nitrogens with zero attached hydrogens (tertiary/aromatic N) is 1. The Hall–Kier alpha value is -2.70. The van der Waals surface area contributed by atoms with Gasteiger partial charge >= 0.3 is 6.76 Å². The Labute approximate surface area is 194 Å². The molecule has 1 heterocycles. The zero-order valence-corrected chi connectivity index (χ0v) is 19.4. The van der Waals surface area contributed by atoms with Crippen LogP contribution in [0, 0.1) is 12.7 Å². The van der Waals surface area contributed by atoms with Crippen molar-refractivity contribution in [2.24, 2.45) is 0 Å². The van der Waals surface area contributed by atoms with E-state index in [0.29, 0.717) is 18.8 Å². The van der Waals surface area contributed by atoms with E-state index in [4.69, 9.17) is 9.39 Å². The van der Waals surface area contributed by atoms with Crippen molar-refractivity contribution in [1.82, 2.24) is 4.57 Å². The topological polar surface area (TPSA) is 23.4 Å². The molecule has 0 spiro atoms. The summed E-state index contributed by atoms with van der Waals surface area (Å²) in [5, 5.41) is 1.00. The molecule has 3 aromatic carbocycles. The van der Waals surface area contributed by atoms with Crippen LogP contribution in [0.4, 0.5) is 4.39 Å². The Kier molecular flexibility index (Phi) is 6.63. The lowest BCUT2D eigenvalue weighted by Gasteiger charge is -2.27. The Morgan fingerprint density at radius 2 is 1.78 bits per heavy atom. The zero-order chi connectivity index (χ0) is 22.7. The van der Waals surface area contributed by atoms with Gasteiger partial charge in [-0.15, -0.1) is 0 Å². The van der Waals surface area contributed by atoms with Gasteiger partial charge in [-0.2, -0.15) is 12.5 Å². The first-order valence-corrected chi connectivity index (χ1v) is 11.1. The van der Waals surface area contributed by atoms with Crippen LogP contribution in [-0.2, 0) is 16.7 Å². The van der Waals surface area contributed by atoms with Crippen LogP contribution in [0.25, 0.3) is 16.6 Å². The van der Waals surface area contributed by atoms with Crippen LogP contribution in [0.2, 0.25) is 0 Å². The van der Waals surface area contributed by atoms with Gasteiger partial charge in [0.25, 0.3) is 0 Å². The Morgan fingerprint density at radius 1 is 1.00 bits per heavy atom. The molecule has 6 heteroatoms. The molecule has 4 rings (SSSR count). The standard InChI is InChI=1S/C26H26BFNO2S/c1-18-14-20(12-13-22(18)28)29-23-10-7-11-24(30-16-19-8-5-4-6-9-19)21(23)15-25(29)26(2,3)17-31-27-32/h4-15,32H,16-17H2,1-3H3. The van der Waals surface area contributed by atoms with Gasteiger partial charge < -0.3 is 14.0 Å². The lowest BCUT2D eigenvalue weighted by molar-refractivity contribution is 0.253. The molecule has 0 amide bonds. The molecular weight excluding hydrogens is 420 g/mol. The third-order valence-electron chi connectivity index (χ3n) is 5.65. The summed E-state index contributed by atoms with van der Waals surface area (Å²) in [6.45, 7) is 8.37. The molecule has 0 saturated heterocycles. The molecule has 4 aromatic rings. The maximum atomic E-state index is 14.0. The fourth-order valence-electron chi connectivity index (χ4n) is 3.93. The third kappa shape index (κ3) is 4.57. The van der Waals surface area contributed by atoms with Gasteiger partial charge in [-0.05, 0) is 54.4 Å². The van der Waals surface area contributed by atoms with Crippen molar-refractivity contribution in [3.63, 3.8) is 0 Å². The van der Waals surface area contributed by atoms with Crippen molar-refractivity contribution in [3.05, 3.63) is 95.4 Å². The minimum atomic E-state index is -0.336. The van der Waals surface area contributed by atoms with E-state index >= 15 is 0 Å². The predicted octanol–water partition coefficient (Wildman–Crippen LogP) is 6.42. The Morgan fingerprint density at radius 3 is 2.50 bits per heavy atom. The van der Waals surface area contributed by atoms with Crippen LogP contribution in [0.5, 0.6) is 5.75 Å². The lowest BCUT2D eigenvalue weighted by atomic mass is 9.89. The summed E-state index contributed by atoms with van der Waals surface area (Å²) in [7, 11) is 0. The normalized spacial score (nSPS) is 11.7. The molecule has 0 unspecified atom stereocenters. The fraction of sp³-hybridized carbons (Fsp3) is 0.231. The largest absolute Gasteiger partial charge is 0.488 e. The number of benzene rings is 3. The highest BCUT2D eigenvalue weighted by atomic mass is 32.1. The fourth-order valence-corrected chi connectivity index (χ4v) is 4.00. The average molecular weight is 446 g/mol. The maximum absolute atomic E-state index is 14.0. The van der Waals surface area contributed by atoms with Gasteiger partial charge in [0.2, 0.25) is 0 Å². The second kappa shape index (κ2) is 9.43. The summed E-state index contributed by atoms with van der Waals surface area (Å²) < 4.78 is 28.0. The summed E-state index contributed by atoms with van der Waals surface area (Å²) >= 11 is 4.08. The smallest absolute Gasteiger partial charge is 0.368 e. The van der Waals surface area contributed by atoms with E-state index < -0.39 is 0 Å². The number of ether oxygens (including phenoxy) is 1. The van der Waals surface area contributed by atoms with Gasteiger partial charge in [-0.3, -0.25) is 0 Å². The lowest BCUT2D eigenvalue weighted by Crippen LogP contribution is -2.27. The molecule has 0 aliphatic rings. The number of aryl methyl sites for hydroxylation is 1. The summed E-state index contributed by atoms with van der Waals surface area (Å²) in [4.78, 5) is 0. The molecule has 0 aliphatic carbocycles. The highest BCUT2D eigenvalue weighted by Gasteiger charge is 2.28. The molecule has 3 nitrogen and oxygen atoms in total. The highest BCUT2D eigenvalue weighted by molar-refractivity contribution is 8.06. The van der Waals surface area contributed by atoms with Crippen molar-refractivity contribution in [3.8, 4) is 11.4 Å². The maximum Gasteiger partial charge on any atom is 0.368 e. The second-order valence-corrected chi connectivity index (χ2v) is 8.77. The van der Waals surface area contributed by atoms with Crippen LogP contribution in [0.15, 0.2) is 72.8 Å². The SMILES string of the molecule is Cc1cc(-n2c(C(C)(C)CO[B]S)cc3c(OCc4ccccc4)cccc32)ccc1F. The Balaban J connectivity index is 1.85. The third-order valence-corrected chi connectivity index (χ3v) is 5.80. The Bertz CT molecular complexity index is 1220. The van der Waals surface area contributed by atoms with E-state index in [2.05, 4.69) is 43.0 Å². The molecule has 1 radical (unpaired) electrons. The van der Waals surface area contributed by atoms with Crippen LogP contribution in [0.1, 0.15) is 30.7 Å². The second-order valence-electron chi connectivity index (χ2n) is 8.56. The van der Waals surface area contributed by atoms with E-state index in [1.54, 1.807) is 6.92 Å². The summed E-state index contributed by atoms with van der Waals surface area (Å²) in [5.41, 5.74) is 4.32. The van der Waals surface area contributed by atoms with Crippen molar-refractivity contribution in [1.29, 1.82) is 0 Å². The number of aromatic nitrogens is 1. The minimum Gasteiger partial charge on any atom is -0.488 e. The first-order valence-electron chi connectivity index (χ1n) is 10.6. The molecule has 0 saturated carbocycles. The predicted molar refractivity (Wildman–Crippen MR) is 132 cm³/mol. The number of halogens is 1. The monoisotopic (exact) mass is 446 g/mol. The number of thiol groups is 1. The summed E-state index contributed by atoms with van der Waals surface area (Å²) in [5.74, 6) is 0.591. The first-order chi connectivity index (χ1) is 15.4. The van der Waals surface area contributed by atoms with Crippen LogP contribution >= 0.6 is 12.5 Å². The summed E-state index contributed by atoms with van der Waals surface area (Å²) in [6.07, 6.45) is 0. The quantitative estimate of drug-likeness (QED) is 0.250. The van der Waals surface area contributed by atoms with Gasteiger partial charge in [0.05, 0.1) is 5.52 Å². The molecule has 0 atom stereocenters. The highest BCUT2D eigenvalue weighted by Crippen LogP contribution is 2.37. The van der Waals surface area contributed by atoms with Crippen molar-refractivity contribution >= 4 is 30.1 Å². The number of fused-ring (bicyclic) bond motifs is 1. The first kappa shape index (κ1) is 22.5. The van der Waals surface area contributed by atoms with Crippen molar-refractivity contribution in [2.75, 3.05) is 6.61 Å². The van der Waals surface area contributed by atoms with Gasteiger partial charge in [-0.25, -0.2) is 4.39 Å². The average Bonchev–Trinajstić information content (AvgIpc) is 3.20. The van der Waals surface area contributed by atoms with E-state index in [-0.39, 0.29) is 11.2 Å². The van der Waals surface area contributed by atoms with Gasteiger partial charge in [0, 0.05) is 28.8 Å². The van der Waals surface area contributed by atoms with Gasteiger partial charge in [0.1, 0.15) is 18.2 Å². The van der Waals surface area contributed by atoms with Crippen molar-refractivity contribution < 1.29 is 13.8 Å². The van der Waals surface area contributed by atoms with Crippen LogP contribution < -0.4 is 4.74 Å². The number of hydrogen-bond donors (Lipinski definition) is 1. The van der Waals surface area contributed by atoms with E-state index in [1.165, 1.54) is 12.8 Å². The van der Waals surface area contributed by atoms with Gasteiger partial charge in [-0.1, -0.05) is 50.2 Å². The number of hydrogen-bond acceptors (Lipinski definition) is 3. The molecule has 0 bridgehead atoms.